The van der Waals surface area contributed by atoms with E-state index >= 15 is 0 Å². The molecule has 0 N–H and O–H groups in total. The lowest BCUT2D eigenvalue weighted by Crippen LogP contribution is -2.42. The van der Waals surface area contributed by atoms with Crippen molar-refractivity contribution in [2.24, 2.45) is 16.1 Å². The Bertz CT molecular complexity index is 3010. The average molecular weight is 727 g/mol. The van der Waals surface area contributed by atoms with E-state index in [2.05, 4.69) is 10.2 Å². The molecular formula is C36H25F3N6O8. The van der Waals surface area contributed by atoms with Crippen molar-refractivity contribution in [2.45, 2.75) is 45.7 Å². The fourth-order valence-electron chi connectivity index (χ4n) is 6.47. The first-order valence-corrected chi connectivity index (χ1v) is 16.3. The van der Waals surface area contributed by atoms with Crippen LogP contribution >= 0.6 is 0 Å². The van der Waals surface area contributed by atoms with E-state index in [1.54, 1.807) is 0 Å². The summed E-state index contributed by atoms with van der Waals surface area (Å²) in [7, 11) is 0. The summed E-state index contributed by atoms with van der Waals surface area (Å²) >= 11 is 0. The lowest BCUT2D eigenvalue weighted by atomic mass is 10.0. The van der Waals surface area contributed by atoms with Crippen LogP contribution in [-0.2, 0) is 6.18 Å². The van der Waals surface area contributed by atoms with Gasteiger partial charge < -0.3 is 0 Å². The second-order valence-corrected chi connectivity index (χ2v) is 12.5. The number of hydrogen-bond acceptors (Lipinski definition) is 10. The van der Waals surface area contributed by atoms with Crippen molar-refractivity contribution in [3.8, 4) is 0 Å². The van der Waals surface area contributed by atoms with Gasteiger partial charge in [-0.2, -0.15) is 42.1 Å². The van der Waals surface area contributed by atoms with Gasteiger partial charge in [0.2, 0.25) is 0 Å². The maximum absolute atomic E-state index is 13.6. The molecule has 17 heteroatoms. The van der Waals surface area contributed by atoms with E-state index in [1.165, 1.54) is 12.3 Å². The van der Waals surface area contributed by atoms with Gasteiger partial charge >= 0.3 is 6.18 Å². The van der Waals surface area contributed by atoms with E-state index in [0.717, 1.165) is 68.1 Å². The zero-order chi connectivity index (χ0) is 38.1. The molecule has 0 aliphatic carbocycles. The van der Waals surface area contributed by atoms with Crippen LogP contribution in [0.15, 0.2) is 97.1 Å². The molecule has 0 bridgehead atoms. The number of fused-ring (bicyclic) bond motifs is 4. The molecule has 14 nitrogen and oxygen atoms in total. The molecule has 268 valence electrons. The van der Waals surface area contributed by atoms with Gasteiger partial charge in [0.1, 0.15) is 0 Å². The van der Waals surface area contributed by atoms with Crippen molar-refractivity contribution in [3.63, 3.8) is 0 Å². The molecule has 0 spiro atoms. The van der Waals surface area contributed by atoms with Crippen LogP contribution in [0.4, 0.5) is 13.2 Å². The summed E-state index contributed by atoms with van der Waals surface area (Å²) in [6.45, 7) is 3.98. The molecule has 0 fully saturated rings. The third-order valence-corrected chi connectivity index (χ3v) is 9.32. The smallest absolute Gasteiger partial charge is 0.267 e. The fraction of sp³-hybridized carbons (Fsp3) is 0.222. The number of aromatic nitrogens is 4. The van der Waals surface area contributed by atoms with Crippen LogP contribution in [0.5, 0.6) is 0 Å². The first-order valence-electron chi connectivity index (χ1n) is 16.3. The highest BCUT2D eigenvalue weighted by atomic mass is 19.4. The van der Waals surface area contributed by atoms with Crippen LogP contribution in [0.3, 0.4) is 0 Å². The van der Waals surface area contributed by atoms with Crippen molar-refractivity contribution >= 4 is 55.5 Å². The Balaban J connectivity index is 1.35. The Hall–Kier alpha value is -6.65. The fourth-order valence-corrected chi connectivity index (χ4v) is 6.47. The molecule has 3 aromatic carbocycles. The molecule has 7 aromatic rings. The van der Waals surface area contributed by atoms with Crippen LogP contribution in [0.2, 0.25) is 0 Å². The third kappa shape index (κ3) is 5.34. The van der Waals surface area contributed by atoms with Crippen molar-refractivity contribution in [1.29, 1.82) is 0 Å². The minimum atomic E-state index is -4.76. The minimum absolute atomic E-state index is 0.0142. The predicted octanol–water partition coefficient (Wildman–Crippen LogP) is 2.40. The number of unbranched alkanes of at least 4 members (excludes halogenated alkanes) is 1. The van der Waals surface area contributed by atoms with Gasteiger partial charge in [-0.25, -0.2) is 0 Å². The van der Waals surface area contributed by atoms with Gasteiger partial charge in [-0.05, 0) is 49.1 Å². The molecule has 4 aromatic heterocycles. The zero-order valence-corrected chi connectivity index (χ0v) is 27.8. The van der Waals surface area contributed by atoms with E-state index in [1.807, 2.05) is 13.8 Å². The summed E-state index contributed by atoms with van der Waals surface area (Å²) in [6.07, 6.45) is 0.844. The normalized spacial score (nSPS) is 13.3. The minimum Gasteiger partial charge on any atom is -0.267 e. The summed E-state index contributed by atoms with van der Waals surface area (Å²) < 4.78 is 41.7. The number of hydrogen-bond donors (Lipinski definition) is 0. The van der Waals surface area contributed by atoms with E-state index in [-0.39, 0.29) is 41.5 Å². The summed E-state index contributed by atoms with van der Waals surface area (Å²) in [5, 5.41) is 4.89. The third-order valence-electron chi connectivity index (χ3n) is 9.32. The molecular weight excluding hydrogens is 701 g/mol. The van der Waals surface area contributed by atoms with Gasteiger partial charge in [-0.3, -0.25) is 38.4 Å². The van der Waals surface area contributed by atoms with Gasteiger partial charge in [0, 0.05) is 11.8 Å². The molecule has 0 radical (unpaired) electrons. The second-order valence-electron chi connectivity index (χ2n) is 12.5. The summed E-state index contributed by atoms with van der Waals surface area (Å²) in [5.41, 5.74) is -10.1. The highest BCUT2D eigenvalue weighted by Crippen LogP contribution is 2.31. The van der Waals surface area contributed by atoms with Gasteiger partial charge in [-0.1, -0.05) is 44.9 Å². The molecule has 4 heterocycles. The molecule has 0 aliphatic heterocycles. The largest absolute Gasteiger partial charge is 0.417 e. The maximum Gasteiger partial charge on any atom is 0.417 e. The van der Waals surface area contributed by atoms with Gasteiger partial charge in [-0.15, -0.1) is 0 Å². The van der Waals surface area contributed by atoms with E-state index < -0.39 is 83.3 Å². The van der Waals surface area contributed by atoms with Crippen LogP contribution < -0.4 is 44.5 Å². The molecule has 0 aliphatic rings. The molecule has 7 rings (SSSR count). The van der Waals surface area contributed by atoms with Gasteiger partial charge in [0.25, 0.3) is 44.5 Å². The van der Waals surface area contributed by atoms with E-state index in [4.69, 9.17) is 0 Å². The second kappa shape index (κ2) is 12.5. The predicted molar refractivity (Wildman–Crippen MR) is 192 cm³/mol. The lowest BCUT2D eigenvalue weighted by Gasteiger charge is -2.08. The molecule has 1 unspecified atom stereocenters. The van der Waals surface area contributed by atoms with Crippen LogP contribution in [0.1, 0.15) is 50.7 Å². The number of halogens is 3. The maximum atomic E-state index is 13.6. The Morgan fingerprint density at radius 2 is 1.00 bits per heavy atom. The van der Waals surface area contributed by atoms with E-state index in [0.29, 0.717) is 10.9 Å². The average Bonchev–Trinajstić information content (AvgIpc) is 3.71. The summed E-state index contributed by atoms with van der Waals surface area (Å²) in [5.74, 6) is 0.0142. The monoisotopic (exact) mass is 726 g/mol. The molecule has 0 saturated carbocycles. The van der Waals surface area contributed by atoms with Gasteiger partial charge in [0.15, 0.2) is 0 Å². The van der Waals surface area contributed by atoms with Crippen molar-refractivity contribution in [3.05, 3.63) is 142 Å². The van der Waals surface area contributed by atoms with Gasteiger partial charge in [0.05, 0.1) is 54.9 Å². The Morgan fingerprint density at radius 3 is 1.40 bits per heavy atom. The number of nitrogens with zero attached hydrogens (tertiary/aromatic N) is 6. The first kappa shape index (κ1) is 34.8. The van der Waals surface area contributed by atoms with Crippen molar-refractivity contribution in [1.82, 2.24) is 18.7 Å². The highest BCUT2D eigenvalue weighted by molar-refractivity contribution is 5.99. The first-order chi connectivity index (χ1) is 25.2. The quantitative estimate of drug-likeness (QED) is 0.203. The van der Waals surface area contributed by atoms with Crippen LogP contribution in [-0.4, -0.2) is 31.1 Å². The Labute approximate surface area is 291 Å². The highest BCUT2D eigenvalue weighted by Gasteiger charge is 2.32. The Kier molecular flexibility index (Phi) is 8.23. The topological polar surface area (TPSA) is 181 Å². The Morgan fingerprint density at radius 1 is 0.604 bits per heavy atom. The molecule has 0 saturated heterocycles. The number of benzene rings is 3. The lowest BCUT2D eigenvalue weighted by molar-refractivity contribution is -0.137. The van der Waals surface area contributed by atoms with Crippen molar-refractivity contribution in [2.75, 3.05) is 0 Å². The van der Waals surface area contributed by atoms with Crippen LogP contribution in [0.25, 0.3) is 43.1 Å². The molecule has 53 heavy (non-hydrogen) atoms. The number of alkyl halides is 3. The zero-order valence-electron chi connectivity index (χ0n) is 27.8. The number of rotatable bonds is 9. The SMILES string of the molecule is CCCCC(C=Nn1c(=O)c2cc3c(=O)n(-n4c(=O)c5cc6c(=O)n(N=Cc7ccccc7C(F)(F)F)c(=O)c6cc5c4=O)c(=O)c3cc2c1=O)CC. The summed E-state index contributed by atoms with van der Waals surface area (Å²) in [6, 6.07) is 8.17. The standard InChI is InChI=1S/C36H25F3N6O8/c1-3-5-8-17(4-2)15-40-42-28(46)19-11-23-24(12-20(19)29(42)47)33(51)44(32(23)50)45-34(52)25-13-21-22(14-26(25)35(45)53)31(49)43(30(21)48)41-16-18-9-6-7-10-27(18)36(37,38)39/h6-7,9-17H,3-5,8H2,1-2H3. The van der Waals surface area contributed by atoms with Crippen molar-refractivity contribution < 1.29 is 13.2 Å². The molecule has 0 amide bonds. The molecule has 1 atom stereocenters. The van der Waals surface area contributed by atoms with E-state index in [9.17, 15) is 51.5 Å². The van der Waals surface area contributed by atoms with Crippen LogP contribution in [0, 0.1) is 5.92 Å². The summed E-state index contributed by atoms with van der Waals surface area (Å²) in [4.78, 5) is 107.